The van der Waals surface area contributed by atoms with Crippen molar-refractivity contribution in [2.75, 3.05) is 31.3 Å². The molecular formula is C15H26N4O. The van der Waals surface area contributed by atoms with Gasteiger partial charge < -0.3 is 15.4 Å². The van der Waals surface area contributed by atoms with Crippen LogP contribution in [0.15, 0.2) is 6.33 Å². The lowest BCUT2D eigenvalue weighted by molar-refractivity contribution is 0.274. The van der Waals surface area contributed by atoms with E-state index in [1.807, 2.05) is 7.05 Å². The average molecular weight is 278 g/mol. The summed E-state index contributed by atoms with van der Waals surface area (Å²) >= 11 is 0. The molecule has 0 spiro atoms. The van der Waals surface area contributed by atoms with Crippen LogP contribution >= 0.6 is 0 Å². The lowest BCUT2D eigenvalue weighted by Crippen LogP contribution is -2.17. The van der Waals surface area contributed by atoms with E-state index < -0.39 is 0 Å². The molecule has 2 atom stereocenters. The van der Waals surface area contributed by atoms with Gasteiger partial charge in [0.15, 0.2) is 11.6 Å². The van der Waals surface area contributed by atoms with E-state index in [0.29, 0.717) is 5.75 Å². The second kappa shape index (κ2) is 7.31. The van der Waals surface area contributed by atoms with Crippen LogP contribution < -0.4 is 15.4 Å². The zero-order valence-corrected chi connectivity index (χ0v) is 12.8. The lowest BCUT2D eigenvalue weighted by Gasteiger charge is -2.26. The highest BCUT2D eigenvalue weighted by Crippen LogP contribution is 2.32. The Morgan fingerprint density at radius 1 is 1.30 bits per heavy atom. The maximum atomic E-state index is 5.38. The van der Waals surface area contributed by atoms with E-state index in [0.717, 1.165) is 30.0 Å². The van der Waals surface area contributed by atoms with Crippen LogP contribution in [0.4, 0.5) is 11.6 Å². The van der Waals surface area contributed by atoms with Crippen molar-refractivity contribution in [3.63, 3.8) is 0 Å². The number of anilines is 2. The number of hydrogen-bond donors (Lipinski definition) is 2. The van der Waals surface area contributed by atoms with E-state index in [2.05, 4.69) is 27.5 Å². The first-order valence-electron chi connectivity index (χ1n) is 7.55. The third-order valence-electron chi connectivity index (χ3n) is 4.13. The van der Waals surface area contributed by atoms with Gasteiger partial charge >= 0.3 is 0 Å². The molecule has 2 unspecified atom stereocenters. The predicted molar refractivity (Wildman–Crippen MR) is 82.4 cm³/mol. The Morgan fingerprint density at radius 3 is 2.80 bits per heavy atom. The fourth-order valence-corrected chi connectivity index (χ4v) is 3.09. The van der Waals surface area contributed by atoms with Crippen molar-refractivity contribution in [1.29, 1.82) is 0 Å². The Balaban J connectivity index is 1.87. The number of methoxy groups -OCH3 is 1. The molecule has 1 saturated carbocycles. The molecule has 20 heavy (non-hydrogen) atoms. The summed E-state index contributed by atoms with van der Waals surface area (Å²) in [5.74, 6) is 3.92. The summed E-state index contributed by atoms with van der Waals surface area (Å²) in [6.07, 6.45) is 8.27. The Bertz CT molecular complexity index is 424. The minimum Gasteiger partial charge on any atom is -0.490 e. The van der Waals surface area contributed by atoms with Gasteiger partial charge in [-0.1, -0.05) is 26.2 Å². The van der Waals surface area contributed by atoms with Crippen molar-refractivity contribution in [2.24, 2.45) is 11.8 Å². The van der Waals surface area contributed by atoms with E-state index in [-0.39, 0.29) is 0 Å². The van der Waals surface area contributed by atoms with Gasteiger partial charge in [0.05, 0.1) is 7.11 Å². The molecule has 5 nitrogen and oxygen atoms in total. The summed E-state index contributed by atoms with van der Waals surface area (Å²) in [6, 6.07) is 0. The molecule has 1 aromatic rings. The number of nitrogens with zero attached hydrogens (tertiary/aromatic N) is 2. The molecular weight excluding hydrogens is 252 g/mol. The molecule has 5 heteroatoms. The Kier molecular flexibility index (Phi) is 5.44. The van der Waals surface area contributed by atoms with E-state index in [1.54, 1.807) is 13.4 Å². The minimum absolute atomic E-state index is 0.687. The molecule has 0 saturated heterocycles. The van der Waals surface area contributed by atoms with Gasteiger partial charge in [0.25, 0.3) is 0 Å². The summed E-state index contributed by atoms with van der Waals surface area (Å²) in [6.45, 7) is 3.31. The van der Waals surface area contributed by atoms with Crippen LogP contribution in [0, 0.1) is 11.8 Å². The molecule has 0 aliphatic heterocycles. The van der Waals surface area contributed by atoms with Gasteiger partial charge in [0.2, 0.25) is 5.75 Å². The van der Waals surface area contributed by atoms with E-state index >= 15 is 0 Å². The van der Waals surface area contributed by atoms with Crippen LogP contribution in [-0.4, -0.2) is 30.7 Å². The van der Waals surface area contributed by atoms with Crippen LogP contribution in [0.5, 0.6) is 5.75 Å². The number of aromatic nitrogens is 2. The third kappa shape index (κ3) is 3.74. The zero-order valence-electron chi connectivity index (χ0n) is 12.8. The van der Waals surface area contributed by atoms with E-state index in [4.69, 9.17) is 4.74 Å². The van der Waals surface area contributed by atoms with Gasteiger partial charge in [-0.2, -0.15) is 0 Å². The van der Waals surface area contributed by atoms with Crippen molar-refractivity contribution in [1.82, 2.24) is 9.97 Å². The highest BCUT2D eigenvalue weighted by molar-refractivity contribution is 5.63. The zero-order chi connectivity index (χ0) is 14.4. The Morgan fingerprint density at radius 2 is 2.10 bits per heavy atom. The molecule has 1 aliphatic carbocycles. The van der Waals surface area contributed by atoms with Crippen molar-refractivity contribution < 1.29 is 4.74 Å². The molecule has 0 radical (unpaired) electrons. The molecule has 1 fully saturated rings. The van der Waals surface area contributed by atoms with Crippen molar-refractivity contribution in [3.05, 3.63) is 6.33 Å². The van der Waals surface area contributed by atoms with Gasteiger partial charge in [-0.05, 0) is 24.7 Å². The van der Waals surface area contributed by atoms with Crippen LogP contribution in [-0.2, 0) is 0 Å². The smallest absolute Gasteiger partial charge is 0.204 e. The number of nitrogens with one attached hydrogen (secondary N) is 2. The van der Waals surface area contributed by atoms with Crippen molar-refractivity contribution in [2.45, 2.75) is 39.0 Å². The van der Waals surface area contributed by atoms with Gasteiger partial charge in [-0.15, -0.1) is 0 Å². The highest BCUT2D eigenvalue weighted by atomic mass is 16.5. The SMILES string of the molecule is CNc1ncnc(NCCC2CCCC(C)C2)c1OC. The maximum absolute atomic E-state index is 5.38. The van der Waals surface area contributed by atoms with Crippen LogP contribution in [0.1, 0.15) is 39.0 Å². The van der Waals surface area contributed by atoms with Crippen LogP contribution in [0.3, 0.4) is 0 Å². The lowest BCUT2D eigenvalue weighted by atomic mass is 9.81. The standard InChI is InChI=1S/C15H26N4O/c1-11-5-4-6-12(9-11)7-8-17-15-13(20-3)14(16-2)18-10-19-15/h10-12H,4-9H2,1-3H3,(H2,16,17,18,19). The molecule has 0 amide bonds. The molecule has 1 heterocycles. The van der Waals surface area contributed by atoms with Crippen molar-refractivity contribution >= 4 is 11.6 Å². The van der Waals surface area contributed by atoms with E-state index in [9.17, 15) is 0 Å². The fraction of sp³-hybridized carbons (Fsp3) is 0.733. The number of ether oxygens (including phenoxy) is 1. The first-order chi connectivity index (χ1) is 9.74. The second-order valence-electron chi connectivity index (χ2n) is 5.71. The first kappa shape index (κ1) is 14.9. The maximum Gasteiger partial charge on any atom is 0.204 e. The molecule has 0 bridgehead atoms. The summed E-state index contributed by atoms with van der Waals surface area (Å²) in [7, 11) is 3.48. The summed E-state index contributed by atoms with van der Waals surface area (Å²) in [5.41, 5.74) is 0. The van der Waals surface area contributed by atoms with E-state index in [1.165, 1.54) is 32.1 Å². The minimum atomic E-state index is 0.687. The largest absolute Gasteiger partial charge is 0.490 e. The van der Waals surface area contributed by atoms with Gasteiger partial charge in [-0.3, -0.25) is 0 Å². The normalized spacial score (nSPS) is 22.4. The summed E-state index contributed by atoms with van der Waals surface area (Å²) < 4.78 is 5.38. The molecule has 2 N–H and O–H groups in total. The van der Waals surface area contributed by atoms with Crippen molar-refractivity contribution in [3.8, 4) is 5.75 Å². The monoisotopic (exact) mass is 278 g/mol. The van der Waals surface area contributed by atoms with Crippen LogP contribution in [0.2, 0.25) is 0 Å². The topological polar surface area (TPSA) is 59.1 Å². The fourth-order valence-electron chi connectivity index (χ4n) is 3.09. The third-order valence-corrected chi connectivity index (χ3v) is 4.13. The number of hydrogen-bond acceptors (Lipinski definition) is 5. The first-order valence-corrected chi connectivity index (χ1v) is 7.55. The second-order valence-corrected chi connectivity index (χ2v) is 5.71. The van der Waals surface area contributed by atoms with Gasteiger partial charge in [-0.25, -0.2) is 9.97 Å². The number of rotatable bonds is 6. The molecule has 112 valence electrons. The Hall–Kier alpha value is -1.52. The van der Waals surface area contributed by atoms with Crippen LogP contribution in [0.25, 0.3) is 0 Å². The highest BCUT2D eigenvalue weighted by Gasteiger charge is 2.18. The quantitative estimate of drug-likeness (QED) is 0.837. The average Bonchev–Trinajstić information content (AvgIpc) is 2.47. The molecule has 1 aromatic heterocycles. The van der Waals surface area contributed by atoms with Gasteiger partial charge in [0.1, 0.15) is 6.33 Å². The molecule has 0 aromatic carbocycles. The summed E-state index contributed by atoms with van der Waals surface area (Å²) in [4.78, 5) is 8.42. The van der Waals surface area contributed by atoms with Gasteiger partial charge in [0, 0.05) is 13.6 Å². The summed E-state index contributed by atoms with van der Waals surface area (Å²) in [5, 5.41) is 6.40. The predicted octanol–water partition coefficient (Wildman–Crippen LogP) is 3.16. The Labute approximate surface area is 121 Å². The molecule has 1 aliphatic rings. The molecule has 2 rings (SSSR count).